The van der Waals surface area contributed by atoms with Gasteiger partial charge in [0.25, 0.3) is 0 Å². The summed E-state index contributed by atoms with van der Waals surface area (Å²) < 4.78 is 4.80. The van der Waals surface area contributed by atoms with Crippen LogP contribution in [0.4, 0.5) is 10.5 Å². The van der Waals surface area contributed by atoms with Crippen LogP contribution in [0.3, 0.4) is 0 Å². The van der Waals surface area contributed by atoms with Gasteiger partial charge in [-0.1, -0.05) is 42.5 Å². The summed E-state index contributed by atoms with van der Waals surface area (Å²) in [5.41, 5.74) is 3.31. The van der Waals surface area contributed by atoms with Crippen LogP contribution in [0, 0.1) is 0 Å². The van der Waals surface area contributed by atoms with Crippen LogP contribution in [0.5, 0.6) is 0 Å². The molecular weight excluding hydrogens is 342 g/mol. The Morgan fingerprint density at radius 1 is 0.889 bits per heavy atom. The van der Waals surface area contributed by atoms with Gasteiger partial charge in [-0.05, 0) is 41.0 Å². The lowest BCUT2D eigenvalue weighted by atomic mass is 10.1. The zero-order valence-corrected chi connectivity index (χ0v) is 14.8. The number of hydrogen-bond donors (Lipinski definition) is 2. The lowest BCUT2D eigenvalue weighted by Gasteiger charge is -2.17. The van der Waals surface area contributed by atoms with E-state index in [1.807, 2.05) is 30.3 Å². The van der Waals surface area contributed by atoms with E-state index in [9.17, 15) is 9.59 Å². The third-order valence-electron chi connectivity index (χ3n) is 4.00. The van der Waals surface area contributed by atoms with Gasteiger partial charge in [0.05, 0.1) is 7.11 Å². The Labute approximate surface area is 157 Å². The first-order valence-corrected chi connectivity index (χ1v) is 8.38. The number of esters is 1. The average molecular weight is 361 g/mol. The number of benzene rings is 2. The van der Waals surface area contributed by atoms with Crippen molar-refractivity contribution in [1.82, 2.24) is 10.3 Å². The van der Waals surface area contributed by atoms with Crippen molar-refractivity contribution in [3.05, 3.63) is 84.7 Å². The maximum absolute atomic E-state index is 12.3. The van der Waals surface area contributed by atoms with Gasteiger partial charge in [0.2, 0.25) is 0 Å². The normalized spacial score (nSPS) is 11.3. The van der Waals surface area contributed by atoms with Crippen LogP contribution in [0.25, 0.3) is 11.1 Å². The number of nitrogens with one attached hydrogen (secondary N) is 2. The Bertz CT molecular complexity index is 897. The molecule has 6 nitrogen and oxygen atoms in total. The molecule has 0 saturated heterocycles. The molecule has 0 radical (unpaired) electrons. The van der Waals surface area contributed by atoms with Crippen molar-refractivity contribution in [2.45, 2.75) is 6.04 Å². The molecule has 1 aromatic heterocycles. The molecule has 0 spiro atoms. The molecular formula is C21H19N3O3. The fourth-order valence-corrected chi connectivity index (χ4v) is 2.63. The smallest absolute Gasteiger partial charge is 0.333 e. The minimum absolute atomic E-state index is 0.495. The highest BCUT2D eigenvalue weighted by Crippen LogP contribution is 2.21. The van der Waals surface area contributed by atoms with Gasteiger partial charge >= 0.3 is 12.0 Å². The van der Waals surface area contributed by atoms with Crippen LogP contribution in [-0.2, 0) is 9.53 Å². The third-order valence-corrected chi connectivity index (χ3v) is 4.00. The Morgan fingerprint density at radius 3 is 2.15 bits per heavy atom. The zero-order chi connectivity index (χ0) is 19.1. The maximum Gasteiger partial charge on any atom is 0.333 e. The second-order valence-electron chi connectivity index (χ2n) is 5.78. The summed E-state index contributed by atoms with van der Waals surface area (Å²) in [6.07, 6.45) is 3.46. The van der Waals surface area contributed by atoms with Crippen molar-refractivity contribution >= 4 is 17.7 Å². The fourth-order valence-electron chi connectivity index (χ4n) is 2.63. The summed E-state index contributed by atoms with van der Waals surface area (Å²) in [6, 6.07) is 18.8. The van der Waals surface area contributed by atoms with Gasteiger partial charge in [-0.2, -0.15) is 0 Å². The zero-order valence-electron chi connectivity index (χ0n) is 14.8. The molecule has 6 heteroatoms. The van der Waals surface area contributed by atoms with E-state index in [0.717, 1.165) is 11.1 Å². The molecule has 1 heterocycles. The van der Waals surface area contributed by atoms with Crippen LogP contribution in [0.1, 0.15) is 11.6 Å². The van der Waals surface area contributed by atoms with Crippen LogP contribution in [0.2, 0.25) is 0 Å². The number of anilines is 1. The van der Waals surface area contributed by atoms with Gasteiger partial charge in [0.15, 0.2) is 6.04 Å². The molecule has 3 aromatic rings. The molecule has 3 rings (SSSR count). The maximum atomic E-state index is 12.3. The van der Waals surface area contributed by atoms with Crippen molar-refractivity contribution in [1.29, 1.82) is 0 Å². The van der Waals surface area contributed by atoms with Crippen LogP contribution in [-0.4, -0.2) is 24.1 Å². The molecule has 0 aliphatic heterocycles. The van der Waals surface area contributed by atoms with Gasteiger partial charge in [-0.3, -0.25) is 4.98 Å². The van der Waals surface area contributed by atoms with Crippen molar-refractivity contribution in [3.8, 4) is 11.1 Å². The summed E-state index contributed by atoms with van der Waals surface area (Å²) in [5.74, 6) is -0.538. The van der Waals surface area contributed by atoms with E-state index in [1.165, 1.54) is 7.11 Å². The van der Waals surface area contributed by atoms with Crippen LogP contribution >= 0.6 is 0 Å². The molecule has 0 aliphatic rings. The lowest BCUT2D eigenvalue weighted by molar-refractivity contribution is -0.143. The first-order chi connectivity index (χ1) is 13.2. The van der Waals surface area contributed by atoms with E-state index in [-0.39, 0.29) is 0 Å². The molecule has 136 valence electrons. The predicted molar refractivity (Wildman–Crippen MR) is 103 cm³/mol. The molecule has 2 N–H and O–H groups in total. The highest BCUT2D eigenvalue weighted by molar-refractivity contribution is 5.93. The summed E-state index contributed by atoms with van der Waals surface area (Å²) in [5, 5.41) is 5.38. The number of hydrogen-bond acceptors (Lipinski definition) is 4. The first kappa shape index (κ1) is 18.1. The first-order valence-electron chi connectivity index (χ1n) is 8.38. The Morgan fingerprint density at radius 2 is 1.52 bits per heavy atom. The van der Waals surface area contributed by atoms with Crippen LogP contribution in [0.15, 0.2) is 79.1 Å². The van der Waals surface area contributed by atoms with Gasteiger partial charge in [-0.25, -0.2) is 9.59 Å². The second-order valence-corrected chi connectivity index (χ2v) is 5.78. The van der Waals surface area contributed by atoms with Gasteiger partial charge in [-0.15, -0.1) is 0 Å². The minimum atomic E-state index is -0.882. The molecule has 0 aliphatic carbocycles. The molecule has 2 amide bonds. The van der Waals surface area contributed by atoms with Gasteiger partial charge in [0, 0.05) is 18.1 Å². The van der Waals surface area contributed by atoms with Crippen LogP contribution < -0.4 is 10.6 Å². The molecule has 0 bridgehead atoms. The van der Waals surface area contributed by atoms with Gasteiger partial charge < -0.3 is 15.4 Å². The topological polar surface area (TPSA) is 80.3 Å². The lowest BCUT2D eigenvalue weighted by Crippen LogP contribution is -2.37. The summed E-state index contributed by atoms with van der Waals surface area (Å²) in [4.78, 5) is 28.4. The van der Waals surface area contributed by atoms with E-state index >= 15 is 0 Å². The van der Waals surface area contributed by atoms with Gasteiger partial charge in [0.1, 0.15) is 0 Å². The molecule has 1 atom stereocenters. The Hall–Kier alpha value is -3.67. The Kier molecular flexibility index (Phi) is 5.79. The molecule has 27 heavy (non-hydrogen) atoms. The Balaban J connectivity index is 1.68. The number of aromatic nitrogens is 1. The number of pyridine rings is 1. The molecule has 0 fully saturated rings. The predicted octanol–water partition coefficient (Wildman–Crippen LogP) is 3.78. The van der Waals surface area contributed by atoms with E-state index in [4.69, 9.17) is 4.74 Å². The van der Waals surface area contributed by atoms with Crippen molar-refractivity contribution in [3.63, 3.8) is 0 Å². The number of urea groups is 1. The summed E-state index contributed by atoms with van der Waals surface area (Å²) >= 11 is 0. The van der Waals surface area contributed by atoms with Crippen molar-refractivity contribution in [2.24, 2.45) is 0 Å². The number of nitrogens with zero attached hydrogens (tertiary/aromatic N) is 1. The minimum Gasteiger partial charge on any atom is -0.467 e. The molecule has 0 unspecified atom stereocenters. The van der Waals surface area contributed by atoms with Crippen molar-refractivity contribution < 1.29 is 14.3 Å². The van der Waals surface area contributed by atoms with Crippen molar-refractivity contribution in [2.75, 3.05) is 12.4 Å². The van der Waals surface area contributed by atoms with E-state index in [1.54, 1.807) is 48.8 Å². The summed E-state index contributed by atoms with van der Waals surface area (Å²) in [6.45, 7) is 0. The SMILES string of the molecule is COC(=O)[C@H](NC(=O)Nc1ccc(-c2ccncc2)cc1)c1ccccc1. The molecule has 0 saturated carbocycles. The number of ether oxygens (including phenoxy) is 1. The molecule has 2 aromatic carbocycles. The van der Waals surface area contributed by atoms with E-state index in [0.29, 0.717) is 11.3 Å². The number of carbonyl (C=O) groups is 2. The quantitative estimate of drug-likeness (QED) is 0.678. The highest BCUT2D eigenvalue weighted by Gasteiger charge is 2.23. The number of carbonyl (C=O) groups excluding carboxylic acids is 2. The number of amides is 2. The van der Waals surface area contributed by atoms with E-state index < -0.39 is 18.0 Å². The average Bonchev–Trinajstić information content (AvgIpc) is 2.73. The number of rotatable bonds is 5. The standard InChI is InChI=1S/C21H19N3O3/c1-27-20(25)19(17-5-3-2-4-6-17)24-21(26)23-18-9-7-15(8-10-18)16-11-13-22-14-12-16/h2-14,19H,1H3,(H2,23,24,26)/t19-/m1/s1. The number of methoxy groups -OCH3 is 1. The fraction of sp³-hybridized carbons (Fsp3) is 0.0952. The highest BCUT2D eigenvalue weighted by atomic mass is 16.5. The monoisotopic (exact) mass is 361 g/mol. The van der Waals surface area contributed by atoms with E-state index in [2.05, 4.69) is 15.6 Å². The summed E-state index contributed by atoms with van der Waals surface area (Å²) in [7, 11) is 1.29. The second kappa shape index (κ2) is 8.62. The largest absolute Gasteiger partial charge is 0.467 e. The third kappa shape index (κ3) is 4.70.